The fourth-order valence-corrected chi connectivity index (χ4v) is 1.71. The summed E-state index contributed by atoms with van der Waals surface area (Å²) < 4.78 is 41.1. The minimum atomic E-state index is -1.53. The van der Waals surface area contributed by atoms with E-state index in [0.717, 1.165) is 12.1 Å². The predicted molar refractivity (Wildman–Crippen MR) is 66.6 cm³/mol. The quantitative estimate of drug-likeness (QED) is 0.843. The van der Waals surface area contributed by atoms with Gasteiger partial charge in [0.25, 0.3) is 0 Å². The van der Waals surface area contributed by atoms with Crippen LogP contribution in [-0.4, -0.2) is 9.78 Å². The third-order valence-corrected chi connectivity index (χ3v) is 2.76. The molecule has 0 amide bonds. The van der Waals surface area contributed by atoms with Crippen LogP contribution in [0.3, 0.4) is 0 Å². The standard InChI is InChI=1S/C12H13F3N4/c1-3-19-12(11(16)6(2)18-19)17-8-5-4-7(13)9(14)10(8)15/h4-5,17H,3,16H2,1-2H3. The van der Waals surface area contributed by atoms with Crippen LogP contribution in [0.2, 0.25) is 0 Å². The predicted octanol–water partition coefficient (Wildman–Crippen LogP) is 2.95. The number of nitrogens with zero attached hydrogens (tertiary/aromatic N) is 2. The lowest BCUT2D eigenvalue weighted by Crippen LogP contribution is -2.06. The smallest absolute Gasteiger partial charge is 0.196 e. The van der Waals surface area contributed by atoms with Crippen molar-refractivity contribution in [2.75, 3.05) is 11.1 Å². The highest BCUT2D eigenvalue weighted by Gasteiger charge is 2.17. The van der Waals surface area contributed by atoms with E-state index in [1.54, 1.807) is 6.92 Å². The minimum Gasteiger partial charge on any atom is -0.394 e. The maximum atomic E-state index is 13.6. The Morgan fingerprint density at radius 3 is 2.58 bits per heavy atom. The number of hydrogen-bond donors (Lipinski definition) is 2. The van der Waals surface area contributed by atoms with Gasteiger partial charge in [0, 0.05) is 6.54 Å². The van der Waals surface area contributed by atoms with E-state index >= 15 is 0 Å². The molecule has 0 aliphatic heterocycles. The summed E-state index contributed by atoms with van der Waals surface area (Å²) in [5.74, 6) is -3.70. The van der Waals surface area contributed by atoms with Gasteiger partial charge in [-0.05, 0) is 26.0 Å². The number of hydrogen-bond acceptors (Lipinski definition) is 3. The summed E-state index contributed by atoms with van der Waals surface area (Å²) in [5.41, 5.74) is 6.53. The first-order valence-electron chi connectivity index (χ1n) is 5.69. The first kappa shape index (κ1) is 13.3. The Labute approximate surface area is 108 Å². The molecule has 1 aromatic heterocycles. The van der Waals surface area contributed by atoms with Gasteiger partial charge in [-0.25, -0.2) is 17.9 Å². The Kier molecular flexibility index (Phi) is 3.37. The Morgan fingerprint density at radius 1 is 1.26 bits per heavy atom. The first-order valence-corrected chi connectivity index (χ1v) is 5.69. The van der Waals surface area contributed by atoms with Crippen molar-refractivity contribution in [1.29, 1.82) is 0 Å². The number of nitrogens with two attached hydrogens (primary N) is 1. The van der Waals surface area contributed by atoms with Crippen molar-refractivity contribution >= 4 is 17.2 Å². The molecule has 0 atom stereocenters. The second-order valence-electron chi connectivity index (χ2n) is 4.01. The van der Waals surface area contributed by atoms with Crippen molar-refractivity contribution in [3.05, 3.63) is 35.3 Å². The maximum absolute atomic E-state index is 13.6. The molecule has 19 heavy (non-hydrogen) atoms. The van der Waals surface area contributed by atoms with Crippen molar-refractivity contribution in [3.63, 3.8) is 0 Å². The zero-order valence-corrected chi connectivity index (χ0v) is 10.5. The number of anilines is 3. The van der Waals surface area contributed by atoms with Gasteiger partial charge in [0.05, 0.1) is 17.1 Å². The summed E-state index contributed by atoms with van der Waals surface area (Å²) >= 11 is 0. The lowest BCUT2D eigenvalue weighted by Gasteiger charge is -2.10. The number of nitrogens with one attached hydrogen (secondary N) is 1. The van der Waals surface area contributed by atoms with Gasteiger partial charge in [0.2, 0.25) is 0 Å². The van der Waals surface area contributed by atoms with Gasteiger partial charge in [-0.3, -0.25) is 0 Å². The highest BCUT2D eigenvalue weighted by atomic mass is 19.2. The molecule has 0 saturated carbocycles. The largest absolute Gasteiger partial charge is 0.394 e. The zero-order chi connectivity index (χ0) is 14.2. The summed E-state index contributed by atoms with van der Waals surface area (Å²) in [6, 6.07) is 1.95. The lowest BCUT2D eigenvalue weighted by molar-refractivity contribution is 0.449. The number of aryl methyl sites for hydroxylation is 2. The normalized spacial score (nSPS) is 10.8. The molecule has 4 nitrogen and oxygen atoms in total. The van der Waals surface area contributed by atoms with Gasteiger partial charge in [0.15, 0.2) is 23.3 Å². The fourth-order valence-electron chi connectivity index (χ4n) is 1.71. The highest BCUT2D eigenvalue weighted by Crippen LogP contribution is 2.28. The average molecular weight is 270 g/mol. The number of halogens is 3. The van der Waals surface area contributed by atoms with Crippen LogP contribution >= 0.6 is 0 Å². The van der Waals surface area contributed by atoms with Gasteiger partial charge in [-0.15, -0.1) is 0 Å². The molecule has 0 aliphatic carbocycles. The lowest BCUT2D eigenvalue weighted by atomic mass is 10.2. The van der Waals surface area contributed by atoms with Crippen molar-refractivity contribution in [1.82, 2.24) is 9.78 Å². The fraction of sp³-hybridized carbons (Fsp3) is 0.250. The minimum absolute atomic E-state index is 0.194. The molecule has 2 aromatic rings. The van der Waals surface area contributed by atoms with Crippen LogP contribution in [0.15, 0.2) is 12.1 Å². The van der Waals surface area contributed by atoms with Crippen LogP contribution in [0.25, 0.3) is 0 Å². The monoisotopic (exact) mass is 270 g/mol. The number of aromatic nitrogens is 2. The second kappa shape index (κ2) is 4.83. The number of nitrogen functional groups attached to an aromatic ring is 1. The van der Waals surface area contributed by atoms with Gasteiger partial charge < -0.3 is 11.1 Å². The van der Waals surface area contributed by atoms with E-state index in [9.17, 15) is 13.2 Å². The summed E-state index contributed by atoms with van der Waals surface area (Å²) in [4.78, 5) is 0. The molecule has 3 N–H and O–H groups in total. The van der Waals surface area contributed by atoms with Crippen LogP contribution in [0.4, 0.5) is 30.4 Å². The highest BCUT2D eigenvalue weighted by molar-refractivity contribution is 5.71. The molecule has 0 aliphatic rings. The summed E-state index contributed by atoms with van der Waals surface area (Å²) in [6.45, 7) is 4.04. The molecule has 0 radical (unpaired) electrons. The zero-order valence-electron chi connectivity index (χ0n) is 10.5. The molecule has 0 unspecified atom stereocenters. The third kappa shape index (κ3) is 2.23. The molecule has 0 spiro atoms. The van der Waals surface area contributed by atoms with E-state index < -0.39 is 17.5 Å². The van der Waals surface area contributed by atoms with Crippen molar-refractivity contribution in [2.45, 2.75) is 20.4 Å². The van der Waals surface area contributed by atoms with Gasteiger partial charge in [-0.1, -0.05) is 0 Å². The average Bonchev–Trinajstić information content (AvgIpc) is 2.66. The molecule has 0 saturated heterocycles. The Morgan fingerprint density at radius 2 is 1.95 bits per heavy atom. The van der Waals surface area contributed by atoms with Crippen molar-refractivity contribution < 1.29 is 13.2 Å². The molecule has 2 rings (SSSR count). The summed E-state index contributed by atoms with van der Waals surface area (Å²) in [6.07, 6.45) is 0. The number of rotatable bonds is 3. The molecule has 102 valence electrons. The third-order valence-electron chi connectivity index (χ3n) is 2.76. The topological polar surface area (TPSA) is 55.9 Å². The molecular formula is C12H13F3N4. The molecule has 1 aromatic carbocycles. The molecule has 7 heteroatoms. The first-order chi connectivity index (χ1) is 8.95. The van der Waals surface area contributed by atoms with E-state index in [0.29, 0.717) is 23.7 Å². The van der Waals surface area contributed by atoms with Crippen molar-refractivity contribution in [2.24, 2.45) is 0 Å². The Bertz CT molecular complexity index is 622. The molecule has 0 bridgehead atoms. The molecular weight excluding hydrogens is 257 g/mol. The van der Waals surface area contributed by atoms with Crippen LogP contribution in [0.5, 0.6) is 0 Å². The molecule has 1 heterocycles. The van der Waals surface area contributed by atoms with Crippen molar-refractivity contribution in [3.8, 4) is 0 Å². The van der Waals surface area contributed by atoms with Crippen LogP contribution in [0.1, 0.15) is 12.6 Å². The SMILES string of the molecule is CCn1nc(C)c(N)c1Nc1ccc(F)c(F)c1F. The van der Waals surface area contributed by atoms with E-state index in [2.05, 4.69) is 10.4 Å². The second-order valence-corrected chi connectivity index (χ2v) is 4.01. The summed E-state index contributed by atoms with van der Waals surface area (Å²) in [7, 11) is 0. The summed E-state index contributed by atoms with van der Waals surface area (Å²) in [5, 5.41) is 6.78. The molecule has 0 fully saturated rings. The van der Waals surface area contributed by atoms with E-state index in [4.69, 9.17) is 5.73 Å². The maximum Gasteiger partial charge on any atom is 0.196 e. The van der Waals surface area contributed by atoms with Gasteiger partial charge >= 0.3 is 0 Å². The van der Waals surface area contributed by atoms with E-state index in [1.165, 1.54) is 4.68 Å². The van der Waals surface area contributed by atoms with Gasteiger partial charge in [0.1, 0.15) is 0 Å². The van der Waals surface area contributed by atoms with E-state index in [1.807, 2.05) is 6.92 Å². The number of benzene rings is 1. The van der Waals surface area contributed by atoms with Crippen LogP contribution in [-0.2, 0) is 6.54 Å². The van der Waals surface area contributed by atoms with Crippen LogP contribution < -0.4 is 11.1 Å². The Balaban J connectivity index is 2.45. The van der Waals surface area contributed by atoms with Crippen LogP contribution in [0, 0.1) is 24.4 Å². The van der Waals surface area contributed by atoms with E-state index in [-0.39, 0.29) is 5.69 Å². The van der Waals surface area contributed by atoms with Gasteiger partial charge in [-0.2, -0.15) is 5.10 Å². The Hall–Kier alpha value is -2.18.